The maximum absolute atomic E-state index is 13.8. The lowest BCUT2D eigenvalue weighted by atomic mass is 10.1. The number of halogens is 3. The van der Waals surface area contributed by atoms with Crippen molar-refractivity contribution < 1.29 is 18.0 Å². The molecule has 2 heterocycles. The number of carbonyl (C=O) groups excluding carboxylic acids is 1. The molecular weight excluding hydrogens is 385 g/mol. The molecule has 0 spiro atoms. The molecule has 2 aromatic heterocycles. The number of carbonyl (C=O) groups is 1. The summed E-state index contributed by atoms with van der Waals surface area (Å²) in [6.45, 7) is 1.84. The van der Waals surface area contributed by atoms with Crippen molar-refractivity contribution in [2.24, 2.45) is 0 Å². The second kappa shape index (κ2) is 7.34. The van der Waals surface area contributed by atoms with Crippen LogP contribution in [0.25, 0.3) is 5.69 Å². The Bertz CT molecular complexity index is 1030. The van der Waals surface area contributed by atoms with Crippen molar-refractivity contribution in [3.05, 3.63) is 59.4 Å². The van der Waals surface area contributed by atoms with Gasteiger partial charge in [0.15, 0.2) is 5.69 Å². The first kappa shape index (κ1) is 19.2. The Labute approximate surface area is 164 Å². The molecule has 1 fully saturated rings. The van der Waals surface area contributed by atoms with Crippen molar-refractivity contribution in [1.82, 2.24) is 29.9 Å². The molecule has 4 rings (SSSR count). The summed E-state index contributed by atoms with van der Waals surface area (Å²) in [4.78, 5) is 12.5. The average molecular weight is 404 g/mol. The minimum absolute atomic E-state index is 0.150. The largest absolute Gasteiger partial charge is 0.434 e. The number of amides is 1. The Morgan fingerprint density at radius 3 is 2.72 bits per heavy atom. The SMILES string of the molecule is Cc1ccccc1-n1ncc(C(=O)NCCc2nncn2C2CC2)c1C(F)(F)F. The van der Waals surface area contributed by atoms with Crippen molar-refractivity contribution in [3.8, 4) is 5.69 Å². The second-order valence-corrected chi connectivity index (χ2v) is 6.99. The van der Waals surface area contributed by atoms with E-state index in [-0.39, 0.29) is 12.2 Å². The molecule has 0 radical (unpaired) electrons. The molecule has 0 saturated heterocycles. The van der Waals surface area contributed by atoms with E-state index in [1.807, 2.05) is 4.57 Å². The third-order valence-electron chi connectivity index (χ3n) is 4.85. The highest BCUT2D eigenvalue weighted by Crippen LogP contribution is 2.35. The zero-order valence-electron chi connectivity index (χ0n) is 15.6. The van der Waals surface area contributed by atoms with Crippen molar-refractivity contribution in [1.29, 1.82) is 0 Å². The number of aryl methyl sites for hydroxylation is 1. The molecule has 0 atom stereocenters. The number of para-hydroxylation sites is 1. The summed E-state index contributed by atoms with van der Waals surface area (Å²) in [5.74, 6) is -0.117. The van der Waals surface area contributed by atoms with Crippen LogP contribution in [0, 0.1) is 6.92 Å². The van der Waals surface area contributed by atoms with Crippen LogP contribution in [0.4, 0.5) is 13.2 Å². The highest BCUT2D eigenvalue weighted by atomic mass is 19.4. The van der Waals surface area contributed by atoms with Crippen LogP contribution in [0.5, 0.6) is 0 Å². The summed E-state index contributed by atoms with van der Waals surface area (Å²) in [6.07, 6.45) is 0.363. The Morgan fingerprint density at radius 2 is 2.03 bits per heavy atom. The minimum Gasteiger partial charge on any atom is -0.351 e. The first-order valence-corrected chi connectivity index (χ1v) is 9.24. The molecule has 1 N–H and O–H groups in total. The lowest BCUT2D eigenvalue weighted by molar-refractivity contribution is -0.143. The fraction of sp³-hybridized carbons (Fsp3) is 0.368. The van der Waals surface area contributed by atoms with Crippen molar-refractivity contribution in [2.45, 2.75) is 38.4 Å². The molecule has 7 nitrogen and oxygen atoms in total. The third kappa shape index (κ3) is 3.87. The molecule has 0 aliphatic heterocycles. The fourth-order valence-corrected chi connectivity index (χ4v) is 3.26. The number of aromatic nitrogens is 5. The van der Waals surface area contributed by atoms with E-state index in [1.165, 1.54) is 6.07 Å². The van der Waals surface area contributed by atoms with Gasteiger partial charge >= 0.3 is 6.18 Å². The van der Waals surface area contributed by atoms with Gasteiger partial charge in [0, 0.05) is 19.0 Å². The molecule has 1 amide bonds. The highest BCUT2D eigenvalue weighted by molar-refractivity contribution is 5.95. The molecule has 0 bridgehead atoms. The third-order valence-corrected chi connectivity index (χ3v) is 4.85. The summed E-state index contributed by atoms with van der Waals surface area (Å²) in [5.41, 5.74) is -0.709. The monoisotopic (exact) mass is 404 g/mol. The Hall–Kier alpha value is -3.17. The molecule has 1 aromatic carbocycles. The van der Waals surface area contributed by atoms with Gasteiger partial charge in [0.1, 0.15) is 12.2 Å². The van der Waals surface area contributed by atoms with Crippen LogP contribution >= 0.6 is 0 Å². The molecular formula is C19H19F3N6O. The van der Waals surface area contributed by atoms with E-state index in [2.05, 4.69) is 20.6 Å². The van der Waals surface area contributed by atoms with Crippen molar-refractivity contribution >= 4 is 5.91 Å². The molecule has 0 unspecified atom stereocenters. The maximum Gasteiger partial charge on any atom is 0.434 e. The van der Waals surface area contributed by atoms with Gasteiger partial charge in [0.25, 0.3) is 5.91 Å². The quantitative estimate of drug-likeness (QED) is 0.685. The standard InChI is InChI=1S/C19H19F3N6O/c1-12-4-2-3-5-15(12)28-17(19(20,21)22)14(10-25-28)18(29)23-9-8-16-26-24-11-27(16)13-6-7-13/h2-5,10-11,13H,6-9H2,1H3,(H,23,29). The highest BCUT2D eigenvalue weighted by Gasteiger charge is 2.40. The molecule has 1 aliphatic rings. The predicted molar refractivity (Wildman–Crippen MR) is 97.6 cm³/mol. The van der Waals surface area contributed by atoms with E-state index < -0.39 is 23.3 Å². The molecule has 1 aliphatic carbocycles. The van der Waals surface area contributed by atoms with Crippen LogP contribution in [0.1, 0.15) is 46.3 Å². The Balaban J connectivity index is 1.54. The number of rotatable bonds is 6. The topological polar surface area (TPSA) is 77.6 Å². The second-order valence-electron chi connectivity index (χ2n) is 6.99. The van der Waals surface area contributed by atoms with Crippen LogP contribution in [0.15, 0.2) is 36.8 Å². The van der Waals surface area contributed by atoms with Crippen LogP contribution in [-0.2, 0) is 12.6 Å². The number of nitrogens with zero attached hydrogens (tertiary/aromatic N) is 5. The van der Waals surface area contributed by atoms with Gasteiger partial charge in [-0.1, -0.05) is 18.2 Å². The maximum atomic E-state index is 13.8. The first-order valence-electron chi connectivity index (χ1n) is 9.24. The smallest absolute Gasteiger partial charge is 0.351 e. The Morgan fingerprint density at radius 1 is 1.28 bits per heavy atom. The van der Waals surface area contributed by atoms with Crippen molar-refractivity contribution in [2.75, 3.05) is 6.54 Å². The van der Waals surface area contributed by atoms with Gasteiger partial charge < -0.3 is 9.88 Å². The van der Waals surface area contributed by atoms with Crippen LogP contribution in [-0.4, -0.2) is 37.0 Å². The minimum atomic E-state index is -4.74. The molecule has 10 heteroatoms. The van der Waals surface area contributed by atoms with Gasteiger partial charge in [-0.05, 0) is 31.4 Å². The van der Waals surface area contributed by atoms with E-state index in [4.69, 9.17) is 0 Å². The summed E-state index contributed by atoms with van der Waals surface area (Å²) < 4.78 is 44.0. The van der Waals surface area contributed by atoms with Gasteiger partial charge in [-0.15, -0.1) is 10.2 Å². The first-order chi connectivity index (χ1) is 13.9. The van der Waals surface area contributed by atoms with Crippen LogP contribution < -0.4 is 5.32 Å². The fourth-order valence-electron chi connectivity index (χ4n) is 3.26. The van der Waals surface area contributed by atoms with E-state index in [9.17, 15) is 18.0 Å². The lowest BCUT2D eigenvalue weighted by Gasteiger charge is -2.14. The summed E-state index contributed by atoms with van der Waals surface area (Å²) in [7, 11) is 0. The van der Waals surface area contributed by atoms with E-state index in [0.717, 1.165) is 23.7 Å². The summed E-state index contributed by atoms with van der Waals surface area (Å²) in [6, 6.07) is 6.96. The summed E-state index contributed by atoms with van der Waals surface area (Å²) in [5, 5.41) is 14.3. The molecule has 3 aromatic rings. The normalized spacial score (nSPS) is 14.2. The van der Waals surface area contributed by atoms with Gasteiger partial charge in [-0.25, -0.2) is 4.68 Å². The molecule has 29 heavy (non-hydrogen) atoms. The Kier molecular flexibility index (Phi) is 4.85. The van der Waals surface area contributed by atoms with Crippen LogP contribution in [0.3, 0.4) is 0 Å². The number of hydrogen-bond donors (Lipinski definition) is 1. The van der Waals surface area contributed by atoms with E-state index >= 15 is 0 Å². The number of hydrogen-bond acceptors (Lipinski definition) is 4. The van der Waals surface area contributed by atoms with Gasteiger partial charge in [0.05, 0.1) is 17.4 Å². The van der Waals surface area contributed by atoms with Crippen LogP contribution in [0.2, 0.25) is 0 Å². The van der Waals surface area contributed by atoms with Gasteiger partial charge in [-0.3, -0.25) is 4.79 Å². The zero-order valence-corrected chi connectivity index (χ0v) is 15.6. The number of benzene rings is 1. The summed E-state index contributed by atoms with van der Waals surface area (Å²) >= 11 is 0. The van der Waals surface area contributed by atoms with Crippen molar-refractivity contribution in [3.63, 3.8) is 0 Å². The zero-order chi connectivity index (χ0) is 20.6. The number of alkyl halides is 3. The lowest BCUT2D eigenvalue weighted by Crippen LogP contribution is -2.29. The molecule has 1 saturated carbocycles. The van der Waals surface area contributed by atoms with E-state index in [1.54, 1.807) is 31.5 Å². The van der Waals surface area contributed by atoms with E-state index in [0.29, 0.717) is 23.9 Å². The molecule has 152 valence electrons. The average Bonchev–Trinajstić information content (AvgIpc) is 3.23. The number of nitrogens with one attached hydrogen (secondary N) is 1. The predicted octanol–water partition coefficient (Wildman–Crippen LogP) is 3.10. The van der Waals surface area contributed by atoms with Gasteiger partial charge in [0.2, 0.25) is 0 Å². The van der Waals surface area contributed by atoms with Gasteiger partial charge in [-0.2, -0.15) is 18.3 Å².